The van der Waals surface area contributed by atoms with Crippen LogP contribution in [0.5, 0.6) is 0 Å². The van der Waals surface area contributed by atoms with E-state index in [1.807, 2.05) is 41.2 Å². The molecule has 0 aliphatic carbocycles. The maximum absolute atomic E-state index is 13.5. The molecule has 11 heteroatoms. The van der Waals surface area contributed by atoms with Crippen LogP contribution < -0.4 is 14.9 Å². The van der Waals surface area contributed by atoms with E-state index < -0.39 is 16.1 Å². The van der Waals surface area contributed by atoms with Gasteiger partial charge in [-0.2, -0.15) is 11.8 Å². The van der Waals surface area contributed by atoms with Crippen LogP contribution in [0.15, 0.2) is 65.8 Å². The molecule has 1 unspecified atom stereocenters. The molecule has 1 atom stereocenters. The molecular formula is C28H34ClN5O3S2. The number of nitrogens with one attached hydrogen (secondary N) is 2. The normalized spacial score (nSPS) is 17.9. The maximum atomic E-state index is 13.5. The van der Waals surface area contributed by atoms with E-state index in [2.05, 4.69) is 19.9 Å². The molecule has 0 bridgehead atoms. The fourth-order valence-electron chi connectivity index (χ4n) is 5.15. The number of amides is 1. The number of rotatable bonds is 9. The first kappa shape index (κ1) is 28.2. The molecule has 2 aliphatic rings. The van der Waals surface area contributed by atoms with E-state index in [1.54, 1.807) is 36.4 Å². The van der Waals surface area contributed by atoms with Gasteiger partial charge in [0.05, 0.1) is 4.90 Å². The lowest BCUT2D eigenvalue weighted by Gasteiger charge is -2.35. The van der Waals surface area contributed by atoms with Crippen LogP contribution in [0.3, 0.4) is 0 Å². The molecule has 1 amide bonds. The van der Waals surface area contributed by atoms with E-state index in [9.17, 15) is 13.2 Å². The van der Waals surface area contributed by atoms with Crippen LogP contribution in [0.1, 0.15) is 12.8 Å². The van der Waals surface area contributed by atoms with Gasteiger partial charge in [-0.25, -0.2) is 13.1 Å². The summed E-state index contributed by atoms with van der Waals surface area (Å²) in [6.45, 7) is 3.93. The van der Waals surface area contributed by atoms with Gasteiger partial charge in [-0.1, -0.05) is 23.7 Å². The Morgan fingerprint density at radius 3 is 2.44 bits per heavy atom. The summed E-state index contributed by atoms with van der Waals surface area (Å²) in [4.78, 5) is 21.9. The minimum Gasteiger partial charge on any atom is -0.371 e. The van der Waals surface area contributed by atoms with E-state index in [0.717, 1.165) is 48.2 Å². The molecule has 0 spiro atoms. The molecule has 1 aromatic heterocycles. The van der Waals surface area contributed by atoms with Crippen molar-refractivity contribution in [1.29, 1.82) is 0 Å². The third-order valence-electron chi connectivity index (χ3n) is 7.48. The standard InChI is InChI=1S/C28H34ClN5O3S2/c29-24-3-1-23-18-26(4-2-22(23)17-24)39(36,37)32-20-27(28(35)34-13-15-38-16-14-34)31-19-21-7-11-33(12-8-21)25-5-9-30-10-6-25/h1-6,9-10,17-18,21,27,31-32H,7-8,11-16,19-20H2. The lowest BCUT2D eigenvalue weighted by molar-refractivity contribution is -0.133. The highest BCUT2D eigenvalue weighted by molar-refractivity contribution is 7.99. The van der Waals surface area contributed by atoms with Crippen molar-refractivity contribution < 1.29 is 13.2 Å². The van der Waals surface area contributed by atoms with E-state index in [4.69, 9.17) is 11.6 Å². The number of carbonyl (C=O) groups is 1. The van der Waals surface area contributed by atoms with Crippen LogP contribution >= 0.6 is 23.4 Å². The monoisotopic (exact) mass is 587 g/mol. The highest BCUT2D eigenvalue weighted by Gasteiger charge is 2.29. The number of fused-ring (bicyclic) bond motifs is 1. The molecule has 2 aliphatic heterocycles. The molecular weight excluding hydrogens is 554 g/mol. The maximum Gasteiger partial charge on any atom is 0.241 e. The lowest BCUT2D eigenvalue weighted by Crippen LogP contribution is -2.55. The highest BCUT2D eigenvalue weighted by Crippen LogP contribution is 2.24. The summed E-state index contributed by atoms with van der Waals surface area (Å²) >= 11 is 7.90. The SMILES string of the molecule is O=C(C(CNS(=O)(=O)c1ccc2cc(Cl)ccc2c1)NCC1CCN(c2ccncc2)CC1)N1CCSCC1. The minimum absolute atomic E-state index is 0.000670. The Morgan fingerprint density at radius 2 is 1.69 bits per heavy atom. The van der Waals surface area contributed by atoms with E-state index in [1.165, 1.54) is 5.69 Å². The first-order chi connectivity index (χ1) is 18.9. The van der Waals surface area contributed by atoms with Gasteiger partial charge in [0.1, 0.15) is 6.04 Å². The summed E-state index contributed by atoms with van der Waals surface area (Å²) in [5.41, 5.74) is 1.18. The van der Waals surface area contributed by atoms with E-state index in [0.29, 0.717) is 30.6 Å². The number of sulfonamides is 1. The molecule has 0 saturated carbocycles. The number of carbonyl (C=O) groups excluding carboxylic acids is 1. The predicted molar refractivity (Wildman–Crippen MR) is 159 cm³/mol. The third-order valence-corrected chi connectivity index (χ3v) is 10.1. The summed E-state index contributed by atoms with van der Waals surface area (Å²) in [5, 5.41) is 5.69. The number of hydrogen-bond donors (Lipinski definition) is 2. The zero-order valence-corrected chi connectivity index (χ0v) is 24.1. The largest absolute Gasteiger partial charge is 0.371 e. The molecule has 2 saturated heterocycles. The Bertz CT molecular complexity index is 1380. The average Bonchev–Trinajstić information content (AvgIpc) is 2.97. The van der Waals surface area contributed by atoms with E-state index in [-0.39, 0.29) is 17.3 Å². The molecule has 3 heterocycles. The first-order valence-corrected chi connectivity index (χ1v) is 16.3. The molecule has 2 N–H and O–H groups in total. The predicted octanol–water partition coefficient (Wildman–Crippen LogP) is 3.62. The first-order valence-electron chi connectivity index (χ1n) is 13.3. The van der Waals surface area contributed by atoms with Crippen LogP contribution in [0.4, 0.5) is 5.69 Å². The molecule has 2 fully saturated rings. The Labute approximate surface area is 239 Å². The van der Waals surface area contributed by atoms with E-state index >= 15 is 0 Å². The Kier molecular flexibility index (Phi) is 9.29. The lowest BCUT2D eigenvalue weighted by atomic mass is 9.96. The fourth-order valence-corrected chi connectivity index (χ4v) is 7.31. The fraction of sp³-hybridized carbons (Fsp3) is 0.429. The molecule has 0 radical (unpaired) electrons. The Hall–Kier alpha value is -2.37. The second kappa shape index (κ2) is 12.9. The van der Waals surface area contributed by atoms with Crippen molar-refractivity contribution >= 4 is 55.8 Å². The van der Waals surface area contributed by atoms with Crippen molar-refractivity contribution in [2.75, 3.05) is 55.7 Å². The smallest absolute Gasteiger partial charge is 0.241 e. The topological polar surface area (TPSA) is 94.6 Å². The second-order valence-corrected chi connectivity index (χ2v) is 13.5. The highest BCUT2D eigenvalue weighted by atomic mass is 35.5. The van der Waals surface area contributed by atoms with Gasteiger partial charge in [0, 0.05) is 67.3 Å². The van der Waals surface area contributed by atoms with Crippen molar-refractivity contribution in [3.05, 3.63) is 65.9 Å². The van der Waals surface area contributed by atoms with Crippen molar-refractivity contribution in [2.24, 2.45) is 5.92 Å². The number of pyridine rings is 1. The number of piperidine rings is 1. The minimum atomic E-state index is -3.81. The molecule has 39 heavy (non-hydrogen) atoms. The van der Waals surface area contributed by atoms with Gasteiger partial charge in [-0.3, -0.25) is 9.78 Å². The van der Waals surface area contributed by atoms with Gasteiger partial charge in [0.25, 0.3) is 0 Å². The summed E-state index contributed by atoms with van der Waals surface area (Å²) < 4.78 is 29.1. The van der Waals surface area contributed by atoms with Gasteiger partial charge in [-0.05, 0) is 72.5 Å². The zero-order valence-electron chi connectivity index (χ0n) is 21.8. The van der Waals surface area contributed by atoms with Crippen LogP contribution in [0, 0.1) is 5.92 Å². The summed E-state index contributed by atoms with van der Waals surface area (Å²) in [6, 6.07) is 13.7. The van der Waals surface area contributed by atoms with Gasteiger partial charge in [0.15, 0.2) is 0 Å². The number of thioether (sulfide) groups is 1. The molecule has 208 valence electrons. The van der Waals surface area contributed by atoms with Crippen molar-refractivity contribution in [3.8, 4) is 0 Å². The van der Waals surface area contributed by atoms with Crippen molar-refractivity contribution in [3.63, 3.8) is 0 Å². The number of anilines is 1. The van der Waals surface area contributed by atoms with Crippen LogP contribution in [-0.2, 0) is 14.8 Å². The van der Waals surface area contributed by atoms with Gasteiger partial charge in [-0.15, -0.1) is 0 Å². The molecule has 8 nitrogen and oxygen atoms in total. The Morgan fingerprint density at radius 1 is 1.00 bits per heavy atom. The van der Waals surface area contributed by atoms with Gasteiger partial charge in [0.2, 0.25) is 15.9 Å². The van der Waals surface area contributed by atoms with Crippen molar-refractivity contribution in [2.45, 2.75) is 23.8 Å². The number of benzene rings is 2. The number of aromatic nitrogens is 1. The van der Waals surface area contributed by atoms with Crippen LogP contribution in [-0.4, -0.2) is 81.0 Å². The van der Waals surface area contributed by atoms with Crippen molar-refractivity contribution in [1.82, 2.24) is 19.9 Å². The quantitative estimate of drug-likeness (QED) is 0.395. The Balaban J connectivity index is 1.23. The molecule has 5 rings (SSSR count). The molecule has 2 aromatic carbocycles. The van der Waals surface area contributed by atoms with Crippen LogP contribution in [0.25, 0.3) is 10.8 Å². The summed E-state index contributed by atoms with van der Waals surface area (Å²) in [5.74, 6) is 2.18. The van der Waals surface area contributed by atoms with Crippen LogP contribution in [0.2, 0.25) is 5.02 Å². The van der Waals surface area contributed by atoms with Gasteiger partial charge >= 0.3 is 0 Å². The average molecular weight is 588 g/mol. The second-order valence-electron chi connectivity index (χ2n) is 10.0. The number of halogens is 1. The van der Waals surface area contributed by atoms with Gasteiger partial charge < -0.3 is 15.1 Å². The third kappa shape index (κ3) is 7.24. The molecule has 3 aromatic rings. The number of hydrogen-bond acceptors (Lipinski definition) is 7. The zero-order chi connectivity index (χ0) is 27.2. The number of nitrogens with zero attached hydrogens (tertiary/aromatic N) is 3. The summed E-state index contributed by atoms with van der Waals surface area (Å²) in [6.07, 6.45) is 5.63. The summed E-state index contributed by atoms with van der Waals surface area (Å²) in [7, 11) is -3.81.